The summed E-state index contributed by atoms with van der Waals surface area (Å²) in [5.74, 6) is -0.433. The van der Waals surface area contributed by atoms with Gasteiger partial charge in [0.2, 0.25) is 0 Å². The van der Waals surface area contributed by atoms with Crippen molar-refractivity contribution >= 4 is 11.6 Å². The maximum atomic E-state index is 11.7. The molecule has 3 aromatic rings. The smallest absolute Gasteiger partial charge is 0.358 e. The number of ether oxygens (including phenoxy) is 1. The van der Waals surface area contributed by atoms with E-state index in [1.807, 2.05) is 36.4 Å². The number of fused-ring (bicyclic) bond motifs is 1. The van der Waals surface area contributed by atoms with Gasteiger partial charge in [-0.15, -0.1) is 0 Å². The molecule has 2 heterocycles. The molecule has 0 N–H and O–H groups in total. The molecule has 5 nitrogen and oxygen atoms in total. The molecule has 0 amide bonds. The summed E-state index contributed by atoms with van der Waals surface area (Å²) >= 11 is 0. The summed E-state index contributed by atoms with van der Waals surface area (Å²) in [4.78, 5) is 16.0. The Hall–Kier alpha value is -2.69. The number of benzene rings is 1. The number of esters is 1. The molecule has 5 heteroatoms. The second-order valence-corrected chi connectivity index (χ2v) is 4.22. The molecule has 0 spiro atoms. The minimum absolute atomic E-state index is 0.266. The largest absolute Gasteiger partial charge is 0.461 e. The molecule has 0 aliphatic carbocycles. The van der Waals surface area contributed by atoms with Crippen LogP contribution in [0.25, 0.3) is 16.9 Å². The number of rotatable bonds is 3. The molecule has 3 rings (SSSR count). The Bertz CT molecular complexity index is 750. The Balaban J connectivity index is 2.13. The minimum atomic E-state index is -0.433. The molecular formula is C15H13N3O2. The zero-order valence-corrected chi connectivity index (χ0v) is 11.0. The van der Waals surface area contributed by atoms with Gasteiger partial charge in [-0.25, -0.2) is 14.3 Å². The lowest BCUT2D eigenvalue weighted by Crippen LogP contribution is -2.05. The van der Waals surface area contributed by atoms with Gasteiger partial charge in [0.1, 0.15) is 0 Å². The van der Waals surface area contributed by atoms with Crippen molar-refractivity contribution in [1.82, 2.24) is 14.6 Å². The van der Waals surface area contributed by atoms with Crippen LogP contribution in [0.1, 0.15) is 17.4 Å². The number of nitrogens with zero attached hydrogens (tertiary/aromatic N) is 3. The van der Waals surface area contributed by atoms with Crippen molar-refractivity contribution in [3.63, 3.8) is 0 Å². The monoisotopic (exact) mass is 267 g/mol. The highest BCUT2D eigenvalue weighted by atomic mass is 16.5. The summed E-state index contributed by atoms with van der Waals surface area (Å²) < 4.78 is 6.61. The number of hydrogen-bond acceptors (Lipinski definition) is 4. The first kappa shape index (κ1) is 12.3. The van der Waals surface area contributed by atoms with Gasteiger partial charge in [-0.2, -0.15) is 5.10 Å². The van der Waals surface area contributed by atoms with E-state index in [0.29, 0.717) is 12.3 Å². The van der Waals surface area contributed by atoms with E-state index in [0.717, 1.165) is 11.3 Å². The third-order valence-electron chi connectivity index (χ3n) is 2.91. The molecule has 20 heavy (non-hydrogen) atoms. The van der Waals surface area contributed by atoms with Crippen molar-refractivity contribution in [3.8, 4) is 11.3 Å². The third-order valence-corrected chi connectivity index (χ3v) is 2.91. The summed E-state index contributed by atoms with van der Waals surface area (Å²) in [6.07, 6.45) is 1.70. The van der Waals surface area contributed by atoms with Crippen molar-refractivity contribution in [2.24, 2.45) is 0 Å². The zero-order chi connectivity index (χ0) is 13.9. The minimum Gasteiger partial charge on any atom is -0.461 e. The fourth-order valence-electron chi connectivity index (χ4n) is 2.03. The summed E-state index contributed by atoms with van der Waals surface area (Å²) in [6.45, 7) is 2.09. The first-order valence-corrected chi connectivity index (χ1v) is 6.37. The van der Waals surface area contributed by atoms with Crippen molar-refractivity contribution in [1.29, 1.82) is 0 Å². The van der Waals surface area contributed by atoms with Crippen LogP contribution in [0.2, 0.25) is 0 Å². The average molecular weight is 267 g/mol. The van der Waals surface area contributed by atoms with Gasteiger partial charge in [0.15, 0.2) is 11.3 Å². The van der Waals surface area contributed by atoms with Gasteiger partial charge < -0.3 is 4.74 Å². The van der Waals surface area contributed by atoms with Crippen molar-refractivity contribution in [2.75, 3.05) is 6.61 Å². The molecule has 0 saturated heterocycles. The molecular weight excluding hydrogens is 254 g/mol. The van der Waals surface area contributed by atoms with Gasteiger partial charge in [0.05, 0.1) is 12.3 Å². The molecule has 0 bridgehead atoms. The van der Waals surface area contributed by atoms with Crippen LogP contribution < -0.4 is 0 Å². The summed E-state index contributed by atoms with van der Waals surface area (Å²) in [5, 5.41) is 4.29. The maximum absolute atomic E-state index is 11.7. The van der Waals surface area contributed by atoms with Crippen molar-refractivity contribution in [3.05, 3.63) is 54.4 Å². The maximum Gasteiger partial charge on any atom is 0.358 e. The van der Waals surface area contributed by atoms with Crippen LogP contribution in [0.4, 0.5) is 0 Å². The second-order valence-electron chi connectivity index (χ2n) is 4.22. The van der Waals surface area contributed by atoms with Crippen LogP contribution in [0.5, 0.6) is 0 Å². The van der Waals surface area contributed by atoms with E-state index >= 15 is 0 Å². The second kappa shape index (κ2) is 5.13. The lowest BCUT2D eigenvalue weighted by Gasteiger charge is -2.03. The highest BCUT2D eigenvalue weighted by Gasteiger charge is 2.14. The molecule has 0 fully saturated rings. The Morgan fingerprint density at radius 1 is 1.25 bits per heavy atom. The van der Waals surface area contributed by atoms with Gasteiger partial charge in [0.25, 0.3) is 0 Å². The van der Waals surface area contributed by atoms with Gasteiger partial charge in [-0.3, -0.25) is 0 Å². The fourth-order valence-corrected chi connectivity index (χ4v) is 2.03. The van der Waals surface area contributed by atoms with E-state index in [1.165, 1.54) is 0 Å². The van der Waals surface area contributed by atoms with E-state index in [2.05, 4.69) is 10.1 Å². The van der Waals surface area contributed by atoms with E-state index < -0.39 is 5.97 Å². The van der Waals surface area contributed by atoms with Gasteiger partial charge in [-0.05, 0) is 13.0 Å². The molecule has 1 aromatic carbocycles. The highest BCUT2D eigenvalue weighted by molar-refractivity contribution is 5.88. The van der Waals surface area contributed by atoms with Gasteiger partial charge in [0, 0.05) is 17.8 Å². The first-order valence-electron chi connectivity index (χ1n) is 6.37. The van der Waals surface area contributed by atoms with Crippen molar-refractivity contribution < 1.29 is 9.53 Å². The summed E-state index contributed by atoms with van der Waals surface area (Å²) in [5.41, 5.74) is 2.78. The topological polar surface area (TPSA) is 56.5 Å². The summed E-state index contributed by atoms with van der Waals surface area (Å²) in [7, 11) is 0. The Morgan fingerprint density at radius 2 is 2.05 bits per heavy atom. The van der Waals surface area contributed by atoms with Crippen LogP contribution >= 0.6 is 0 Å². The molecule has 0 radical (unpaired) electrons. The first-order chi connectivity index (χ1) is 9.79. The average Bonchev–Trinajstić information content (AvgIpc) is 2.92. The number of aromatic nitrogens is 3. The predicted molar refractivity (Wildman–Crippen MR) is 74.4 cm³/mol. The van der Waals surface area contributed by atoms with Crippen LogP contribution in [0.3, 0.4) is 0 Å². The fraction of sp³-hybridized carbons (Fsp3) is 0.133. The zero-order valence-electron chi connectivity index (χ0n) is 11.0. The number of carbonyl (C=O) groups excluding carboxylic acids is 1. The van der Waals surface area contributed by atoms with E-state index in [1.54, 1.807) is 23.7 Å². The molecule has 0 saturated carbocycles. The van der Waals surface area contributed by atoms with E-state index in [-0.39, 0.29) is 5.69 Å². The summed E-state index contributed by atoms with van der Waals surface area (Å²) in [6, 6.07) is 13.3. The standard InChI is InChI=1S/C15H13N3O2/c1-2-20-15(19)12-10-14-16-9-8-13(18(14)17-12)11-6-4-3-5-7-11/h3-10H,2H2,1H3. The molecule has 2 aromatic heterocycles. The van der Waals surface area contributed by atoms with E-state index in [4.69, 9.17) is 4.74 Å². The lowest BCUT2D eigenvalue weighted by molar-refractivity contribution is 0.0519. The van der Waals surface area contributed by atoms with Crippen LogP contribution in [0, 0.1) is 0 Å². The molecule has 0 aliphatic rings. The van der Waals surface area contributed by atoms with Crippen LogP contribution in [0.15, 0.2) is 48.7 Å². The molecule has 0 aliphatic heterocycles. The molecule has 0 atom stereocenters. The lowest BCUT2D eigenvalue weighted by atomic mass is 10.1. The molecule has 0 unspecified atom stereocenters. The molecule has 100 valence electrons. The highest BCUT2D eigenvalue weighted by Crippen LogP contribution is 2.19. The van der Waals surface area contributed by atoms with Crippen LogP contribution in [-0.4, -0.2) is 27.2 Å². The van der Waals surface area contributed by atoms with Crippen LogP contribution in [-0.2, 0) is 4.74 Å². The quantitative estimate of drug-likeness (QED) is 0.684. The normalized spacial score (nSPS) is 10.7. The number of carbonyl (C=O) groups is 1. The van der Waals surface area contributed by atoms with Crippen molar-refractivity contribution in [2.45, 2.75) is 6.92 Å². The number of hydrogen-bond donors (Lipinski definition) is 0. The Labute approximate surface area is 115 Å². The Kier molecular flexibility index (Phi) is 3.16. The SMILES string of the molecule is CCOC(=O)c1cc2nccc(-c3ccccc3)n2n1. The van der Waals surface area contributed by atoms with Gasteiger partial charge in [-0.1, -0.05) is 30.3 Å². The predicted octanol–water partition coefficient (Wildman–Crippen LogP) is 2.57. The van der Waals surface area contributed by atoms with Gasteiger partial charge >= 0.3 is 5.97 Å². The third kappa shape index (κ3) is 2.14. The van der Waals surface area contributed by atoms with E-state index in [9.17, 15) is 4.79 Å². The Morgan fingerprint density at radius 3 is 2.80 bits per heavy atom.